The standard InChI is InChI=1S/C43H40N3O7.W/c1-26-17-35-36(44-25-32-21-30-18-27(19-33(48)8-5-14-47)10-13-38(30)46(32)43(35)50)24-39(26)52-15-6-16-53-41-22-28-11-12-31-20-29-7-3-4-9-37(29)45(31)42(49)34(28)23-40(41)51-2;/h3-4,7,9-10,13,17-18,22-25,31-32H,5-6,8,11-12,15-16,19-21H2,1-2H3;/q-1;/t31-,32+;/m1./s1. The summed E-state index contributed by atoms with van der Waals surface area (Å²) < 4.78 is 18.0. The fraction of sp³-hybridized carbons (Fsp3) is 0.326. The van der Waals surface area contributed by atoms with Gasteiger partial charge in [-0.3, -0.25) is 30.6 Å². The van der Waals surface area contributed by atoms with Crippen LogP contribution in [0.4, 0.5) is 17.1 Å². The van der Waals surface area contributed by atoms with Gasteiger partial charge in [0.15, 0.2) is 11.5 Å². The zero-order valence-corrected chi connectivity index (χ0v) is 33.2. The molecule has 276 valence electrons. The number of ketones is 1. The number of rotatable bonds is 12. The number of aliphatic imine (C=N–C) groups is 1. The Morgan fingerprint density at radius 1 is 0.852 bits per heavy atom. The number of nitrogens with zero attached hydrogens (tertiary/aromatic N) is 3. The van der Waals surface area contributed by atoms with Gasteiger partial charge >= 0.3 is 0 Å². The van der Waals surface area contributed by atoms with Gasteiger partial charge in [0.25, 0.3) is 11.8 Å². The van der Waals surface area contributed by atoms with E-state index in [1.807, 2.05) is 78.7 Å². The number of carbonyl (C=O) groups is 3. The van der Waals surface area contributed by atoms with Crippen molar-refractivity contribution in [3.8, 4) is 17.2 Å². The monoisotopic (exact) mass is 894 g/mol. The summed E-state index contributed by atoms with van der Waals surface area (Å²) in [6, 6.07) is 21.2. The number of hydrogen-bond donors (Lipinski definition) is 0. The number of hydrogen-bond acceptors (Lipinski definition) is 8. The van der Waals surface area contributed by atoms with Crippen LogP contribution in [-0.2, 0) is 56.3 Å². The van der Waals surface area contributed by atoms with Crippen LogP contribution in [0.3, 0.4) is 0 Å². The van der Waals surface area contributed by atoms with Crippen LogP contribution in [0, 0.1) is 6.92 Å². The normalized spacial score (nSPS) is 17.5. The van der Waals surface area contributed by atoms with Crippen molar-refractivity contribution in [3.63, 3.8) is 0 Å². The Bertz CT molecular complexity index is 2180. The van der Waals surface area contributed by atoms with Gasteiger partial charge in [-0.2, -0.15) is 0 Å². The first-order chi connectivity index (χ1) is 25.8. The summed E-state index contributed by atoms with van der Waals surface area (Å²) in [5.74, 6) is 1.65. The Morgan fingerprint density at radius 3 is 2.44 bits per heavy atom. The van der Waals surface area contributed by atoms with E-state index in [4.69, 9.17) is 19.2 Å². The zero-order valence-electron chi connectivity index (χ0n) is 30.3. The van der Waals surface area contributed by atoms with Crippen molar-refractivity contribution in [1.29, 1.82) is 0 Å². The van der Waals surface area contributed by atoms with Crippen molar-refractivity contribution >= 4 is 47.2 Å². The van der Waals surface area contributed by atoms with E-state index in [0.29, 0.717) is 60.1 Å². The zero-order chi connectivity index (χ0) is 36.6. The van der Waals surface area contributed by atoms with Gasteiger partial charge in [-0.15, -0.1) is 6.42 Å². The molecule has 4 aliphatic rings. The van der Waals surface area contributed by atoms with Gasteiger partial charge in [-0.05, 0) is 90.8 Å². The molecule has 0 spiro atoms. The second kappa shape index (κ2) is 15.7. The predicted molar refractivity (Wildman–Crippen MR) is 201 cm³/mol. The summed E-state index contributed by atoms with van der Waals surface area (Å²) in [5, 5.41) is 0. The van der Waals surface area contributed by atoms with Crippen LogP contribution in [0.2, 0.25) is 0 Å². The molecule has 2 atom stereocenters. The minimum Gasteiger partial charge on any atom is -0.542 e. The molecule has 0 unspecified atom stereocenters. The van der Waals surface area contributed by atoms with Gasteiger partial charge in [-0.1, -0.05) is 30.3 Å². The average molecular weight is 895 g/mol. The minimum atomic E-state index is -0.237. The number of carbonyl (C=O) groups excluding carboxylic acids is 4. The first kappa shape index (κ1) is 37.2. The summed E-state index contributed by atoms with van der Waals surface area (Å²) in [6.45, 7) is 2.69. The fourth-order valence-corrected chi connectivity index (χ4v) is 8.06. The number of ether oxygens (including phenoxy) is 3. The first-order valence-electron chi connectivity index (χ1n) is 18.2. The van der Waals surface area contributed by atoms with Crippen LogP contribution in [0.5, 0.6) is 17.2 Å². The Labute approximate surface area is 328 Å². The molecule has 2 amide bonds. The number of aryl methyl sites for hydroxylation is 2. The van der Waals surface area contributed by atoms with E-state index in [-0.39, 0.29) is 70.0 Å². The number of para-hydroxylation sites is 1. The number of methoxy groups -OCH3 is 1. The van der Waals surface area contributed by atoms with Gasteiger partial charge < -0.3 is 23.9 Å². The summed E-state index contributed by atoms with van der Waals surface area (Å²) in [4.78, 5) is 58.9. The third kappa shape index (κ3) is 7.00. The molecule has 0 bridgehead atoms. The van der Waals surface area contributed by atoms with Crippen LogP contribution in [0.25, 0.3) is 0 Å². The molecule has 0 saturated heterocycles. The van der Waals surface area contributed by atoms with Crippen LogP contribution in [-0.4, -0.2) is 62.5 Å². The van der Waals surface area contributed by atoms with Crippen molar-refractivity contribution < 1.29 is 54.5 Å². The van der Waals surface area contributed by atoms with Gasteiger partial charge in [0.2, 0.25) is 0 Å². The number of Topliss-reactive ketones (excluding diaryl/α,β-unsaturated/α-hetero) is 1. The summed E-state index contributed by atoms with van der Waals surface area (Å²) >= 11 is 0. The molecule has 8 rings (SSSR count). The van der Waals surface area contributed by atoms with Crippen LogP contribution in [0.15, 0.2) is 71.7 Å². The maximum absolute atomic E-state index is 13.9. The quantitative estimate of drug-likeness (QED) is 0.116. The summed E-state index contributed by atoms with van der Waals surface area (Å²) in [7, 11) is 1.59. The van der Waals surface area contributed by atoms with Gasteiger partial charge in [0.05, 0.1) is 37.6 Å². The molecule has 0 aromatic heterocycles. The summed E-state index contributed by atoms with van der Waals surface area (Å²) in [6.07, 6.45) is 7.84. The minimum absolute atomic E-state index is 0. The molecule has 0 saturated carbocycles. The van der Waals surface area contributed by atoms with Crippen LogP contribution in [0.1, 0.15) is 74.2 Å². The maximum Gasteiger partial charge on any atom is 0.261 e. The van der Waals surface area contributed by atoms with Gasteiger partial charge in [-0.25, -0.2) is 0 Å². The largest absolute Gasteiger partial charge is 0.542 e. The van der Waals surface area contributed by atoms with E-state index in [9.17, 15) is 19.2 Å². The van der Waals surface area contributed by atoms with Crippen molar-refractivity contribution in [1.82, 2.24) is 0 Å². The molecule has 0 fully saturated rings. The van der Waals surface area contributed by atoms with Crippen LogP contribution >= 0.6 is 0 Å². The van der Waals surface area contributed by atoms with Gasteiger partial charge in [0, 0.05) is 75.6 Å². The second-order valence-corrected chi connectivity index (χ2v) is 14.1. The van der Waals surface area contributed by atoms with E-state index in [1.165, 1.54) is 5.56 Å². The second-order valence-electron chi connectivity index (χ2n) is 14.1. The smallest absolute Gasteiger partial charge is 0.261 e. The Morgan fingerprint density at radius 2 is 1.63 bits per heavy atom. The topological polar surface area (TPSA) is 115 Å². The molecule has 4 aromatic carbocycles. The SMILES string of the molecule is COc1cc2c(cc1OCCCOc1cc3c(cc1C)C(=O)N1c4ccc(CC(=O)CC[C-]=O)cc4C[C@H]1C=N3)CC[C@@H]1Cc3ccccc3N1C2=O.[W]. The molecule has 54 heavy (non-hydrogen) atoms. The van der Waals surface area contributed by atoms with E-state index >= 15 is 0 Å². The van der Waals surface area contributed by atoms with E-state index in [2.05, 4.69) is 6.07 Å². The molecule has 4 heterocycles. The Balaban J connectivity index is 0.00000450. The van der Waals surface area contributed by atoms with Crippen molar-refractivity contribution in [2.45, 2.75) is 70.4 Å². The van der Waals surface area contributed by atoms with Crippen molar-refractivity contribution in [2.75, 3.05) is 30.1 Å². The van der Waals surface area contributed by atoms with Crippen LogP contribution < -0.4 is 24.0 Å². The third-order valence-electron chi connectivity index (χ3n) is 10.7. The van der Waals surface area contributed by atoms with Crippen molar-refractivity contribution in [2.24, 2.45) is 4.99 Å². The molecule has 0 radical (unpaired) electrons. The molecular weight excluding hydrogens is 854 g/mol. The Kier molecular flexibility index (Phi) is 10.8. The molecule has 11 heteroatoms. The number of amides is 2. The molecule has 4 aliphatic heterocycles. The number of fused-ring (bicyclic) bond motifs is 8. The van der Waals surface area contributed by atoms with Crippen molar-refractivity contribution in [3.05, 3.63) is 106 Å². The average Bonchev–Trinajstić information content (AvgIpc) is 3.65. The maximum atomic E-state index is 13.9. The number of benzene rings is 4. The molecule has 0 aliphatic carbocycles. The molecule has 10 nitrogen and oxygen atoms in total. The van der Waals surface area contributed by atoms with E-state index < -0.39 is 0 Å². The van der Waals surface area contributed by atoms with E-state index in [1.54, 1.807) is 18.3 Å². The number of anilines is 2. The third-order valence-corrected chi connectivity index (χ3v) is 10.7. The molecule has 4 aromatic rings. The van der Waals surface area contributed by atoms with Gasteiger partial charge in [0.1, 0.15) is 11.5 Å². The molecule has 0 N–H and O–H groups in total. The fourth-order valence-electron chi connectivity index (χ4n) is 8.06. The Hall–Kier alpha value is -5.08. The summed E-state index contributed by atoms with van der Waals surface area (Å²) in [5.41, 5.74) is 8.41. The first-order valence-corrected chi connectivity index (χ1v) is 18.2. The van der Waals surface area contributed by atoms with E-state index in [0.717, 1.165) is 52.9 Å². The molecular formula is C43H40N3O7W-. The predicted octanol–water partition coefficient (Wildman–Crippen LogP) is 6.66.